The van der Waals surface area contributed by atoms with E-state index >= 15 is 0 Å². The Balaban J connectivity index is 2.23. The highest BCUT2D eigenvalue weighted by atomic mass is 32.1. The van der Waals surface area contributed by atoms with Crippen molar-refractivity contribution in [3.8, 4) is 0 Å². The molecule has 0 saturated carbocycles. The second-order valence-corrected chi connectivity index (χ2v) is 5.61. The maximum Gasteiger partial charge on any atom is 0.421 e. The molecule has 0 aromatic carbocycles. The van der Waals surface area contributed by atoms with E-state index in [1.165, 1.54) is 17.7 Å². The minimum absolute atomic E-state index is 0.196. The van der Waals surface area contributed by atoms with Crippen molar-refractivity contribution in [1.82, 2.24) is 4.98 Å². The Morgan fingerprint density at radius 3 is 2.30 bits per heavy atom. The SMILES string of the molecule is FC(F)(F)C1(C(F)(F)F)[C@H]2C=C[C@@H](C2)N1c1nccs1. The van der Waals surface area contributed by atoms with Gasteiger partial charge in [0.15, 0.2) is 5.13 Å². The van der Waals surface area contributed by atoms with Gasteiger partial charge in [-0.15, -0.1) is 11.3 Å². The second-order valence-electron chi connectivity index (χ2n) is 4.74. The molecule has 2 nitrogen and oxygen atoms in total. The Hall–Kier alpha value is -1.25. The minimum atomic E-state index is -5.43. The Bertz CT molecular complexity index is 518. The van der Waals surface area contributed by atoms with E-state index in [4.69, 9.17) is 0 Å². The van der Waals surface area contributed by atoms with Gasteiger partial charge in [0, 0.05) is 17.5 Å². The summed E-state index contributed by atoms with van der Waals surface area (Å²) in [7, 11) is 0. The molecule has 1 aliphatic carbocycles. The Labute approximate surface area is 113 Å². The van der Waals surface area contributed by atoms with Crippen LogP contribution in [0.1, 0.15) is 6.42 Å². The van der Waals surface area contributed by atoms with Crippen molar-refractivity contribution in [2.75, 3.05) is 4.90 Å². The van der Waals surface area contributed by atoms with Gasteiger partial charge >= 0.3 is 12.4 Å². The molecule has 2 atom stereocenters. The van der Waals surface area contributed by atoms with Crippen LogP contribution in [0.5, 0.6) is 0 Å². The van der Waals surface area contributed by atoms with E-state index in [2.05, 4.69) is 4.98 Å². The van der Waals surface area contributed by atoms with Gasteiger partial charge in [0.1, 0.15) is 0 Å². The van der Waals surface area contributed by atoms with Crippen LogP contribution in [0.2, 0.25) is 0 Å². The summed E-state index contributed by atoms with van der Waals surface area (Å²) in [4.78, 5) is 4.04. The molecule has 1 fully saturated rings. The molecular formula is C11H8F6N2S. The van der Waals surface area contributed by atoms with Gasteiger partial charge in [-0.25, -0.2) is 4.98 Å². The summed E-state index contributed by atoms with van der Waals surface area (Å²) in [5, 5.41) is 1.11. The van der Waals surface area contributed by atoms with E-state index in [0.717, 1.165) is 17.4 Å². The number of alkyl halides is 6. The molecule has 1 aromatic heterocycles. The van der Waals surface area contributed by atoms with Crippen molar-refractivity contribution in [3.63, 3.8) is 0 Å². The molecule has 0 amide bonds. The van der Waals surface area contributed by atoms with Gasteiger partial charge in [-0.05, 0) is 6.42 Å². The number of fused-ring (bicyclic) bond motifs is 2. The van der Waals surface area contributed by atoms with Crippen LogP contribution in [-0.2, 0) is 0 Å². The van der Waals surface area contributed by atoms with Gasteiger partial charge in [-0.2, -0.15) is 26.3 Å². The number of anilines is 1. The number of halogens is 6. The molecule has 2 aliphatic rings. The van der Waals surface area contributed by atoms with E-state index in [-0.39, 0.29) is 11.6 Å². The van der Waals surface area contributed by atoms with Crippen molar-refractivity contribution in [2.45, 2.75) is 30.4 Å². The van der Waals surface area contributed by atoms with Crippen LogP contribution in [-0.4, -0.2) is 28.9 Å². The zero-order valence-electron chi connectivity index (χ0n) is 9.74. The van der Waals surface area contributed by atoms with Crippen molar-refractivity contribution in [3.05, 3.63) is 23.7 Å². The fourth-order valence-electron chi connectivity index (χ4n) is 3.10. The summed E-state index contributed by atoms with van der Waals surface area (Å²) in [5.41, 5.74) is -3.88. The van der Waals surface area contributed by atoms with E-state index in [1.54, 1.807) is 0 Å². The smallest absolute Gasteiger partial charge is 0.319 e. The maximum atomic E-state index is 13.4. The number of rotatable bonds is 1. The largest absolute Gasteiger partial charge is 0.421 e. The van der Waals surface area contributed by atoms with Crippen LogP contribution in [0.3, 0.4) is 0 Å². The molecule has 110 valence electrons. The van der Waals surface area contributed by atoms with Gasteiger partial charge in [0.25, 0.3) is 0 Å². The first-order chi connectivity index (χ1) is 9.19. The predicted octanol–water partition coefficient (Wildman–Crippen LogP) is 3.77. The monoisotopic (exact) mass is 314 g/mol. The lowest BCUT2D eigenvalue weighted by Crippen LogP contribution is -2.69. The van der Waals surface area contributed by atoms with E-state index < -0.39 is 29.9 Å². The lowest BCUT2D eigenvalue weighted by Gasteiger charge is -2.46. The normalized spacial score (nSPS) is 28.4. The zero-order chi connectivity index (χ0) is 14.8. The molecule has 1 saturated heterocycles. The highest BCUT2D eigenvalue weighted by Crippen LogP contribution is 2.61. The second kappa shape index (κ2) is 3.90. The van der Waals surface area contributed by atoms with Gasteiger partial charge in [-0.1, -0.05) is 12.2 Å². The number of nitrogens with zero attached hydrogens (tertiary/aromatic N) is 2. The number of hydrogen-bond acceptors (Lipinski definition) is 3. The molecule has 0 N–H and O–H groups in total. The third kappa shape index (κ3) is 1.49. The van der Waals surface area contributed by atoms with Crippen molar-refractivity contribution >= 4 is 16.5 Å². The van der Waals surface area contributed by atoms with Gasteiger partial charge in [0.2, 0.25) is 5.54 Å². The van der Waals surface area contributed by atoms with E-state index in [1.807, 2.05) is 0 Å². The van der Waals surface area contributed by atoms with Crippen molar-refractivity contribution in [2.24, 2.45) is 5.92 Å². The molecule has 0 spiro atoms. The minimum Gasteiger partial charge on any atom is -0.319 e. The lowest BCUT2D eigenvalue weighted by atomic mass is 9.83. The molecule has 2 bridgehead atoms. The molecule has 0 radical (unpaired) electrons. The molecule has 1 aliphatic heterocycles. The molecule has 2 heterocycles. The molecule has 3 rings (SSSR count). The Morgan fingerprint density at radius 2 is 1.80 bits per heavy atom. The first kappa shape index (κ1) is 13.7. The van der Waals surface area contributed by atoms with E-state index in [9.17, 15) is 26.3 Å². The first-order valence-corrected chi connectivity index (χ1v) is 6.58. The topological polar surface area (TPSA) is 16.1 Å². The number of aromatic nitrogens is 1. The summed E-state index contributed by atoms with van der Waals surface area (Å²) in [6, 6.07) is -0.922. The molecule has 1 aromatic rings. The molecule has 0 unspecified atom stereocenters. The average Bonchev–Trinajstić information content (AvgIpc) is 3.00. The molecular weight excluding hydrogens is 306 g/mol. The fourth-order valence-corrected chi connectivity index (χ4v) is 3.86. The summed E-state index contributed by atoms with van der Waals surface area (Å²) in [6.45, 7) is 0. The van der Waals surface area contributed by atoms with Crippen LogP contribution >= 0.6 is 11.3 Å². The quantitative estimate of drug-likeness (QED) is 0.579. The van der Waals surface area contributed by atoms with Crippen LogP contribution < -0.4 is 4.90 Å². The van der Waals surface area contributed by atoms with Gasteiger partial charge in [0.05, 0.1) is 6.04 Å². The van der Waals surface area contributed by atoms with Crippen molar-refractivity contribution < 1.29 is 26.3 Å². The lowest BCUT2D eigenvalue weighted by molar-refractivity contribution is -0.302. The van der Waals surface area contributed by atoms with Crippen LogP contribution in [0, 0.1) is 5.92 Å². The summed E-state index contributed by atoms with van der Waals surface area (Å²) in [5.74, 6) is -1.63. The third-order valence-corrected chi connectivity index (χ3v) is 4.57. The zero-order valence-corrected chi connectivity index (χ0v) is 10.6. The number of hydrogen-bond donors (Lipinski definition) is 0. The first-order valence-electron chi connectivity index (χ1n) is 5.70. The molecule has 9 heteroatoms. The van der Waals surface area contributed by atoms with Crippen LogP contribution in [0.15, 0.2) is 23.7 Å². The van der Waals surface area contributed by atoms with Crippen LogP contribution in [0.25, 0.3) is 0 Å². The Kier molecular flexibility index (Phi) is 2.67. The Morgan fingerprint density at radius 1 is 1.15 bits per heavy atom. The van der Waals surface area contributed by atoms with Crippen molar-refractivity contribution in [1.29, 1.82) is 0 Å². The maximum absolute atomic E-state index is 13.4. The highest BCUT2D eigenvalue weighted by Gasteiger charge is 2.81. The van der Waals surface area contributed by atoms with Gasteiger partial charge < -0.3 is 4.90 Å². The number of thiazole rings is 1. The standard InChI is InChI=1S/C11H8F6N2S/c12-10(13,14)9(11(15,16)17)6-1-2-7(5-6)19(9)8-18-3-4-20-8/h1-4,6-7H,5H2/t6-,7-/m0/s1. The predicted molar refractivity (Wildman–Crippen MR) is 60.5 cm³/mol. The van der Waals surface area contributed by atoms with Crippen LogP contribution in [0.4, 0.5) is 31.5 Å². The fraction of sp³-hybridized carbons (Fsp3) is 0.545. The summed E-state index contributed by atoms with van der Waals surface area (Å²) < 4.78 is 80.4. The summed E-state index contributed by atoms with van der Waals surface area (Å²) in [6.07, 6.45) is -7.44. The average molecular weight is 314 g/mol. The molecule has 20 heavy (non-hydrogen) atoms. The van der Waals surface area contributed by atoms with Gasteiger partial charge in [-0.3, -0.25) is 0 Å². The summed E-state index contributed by atoms with van der Waals surface area (Å²) >= 11 is 0.775. The highest BCUT2D eigenvalue weighted by molar-refractivity contribution is 7.13. The third-order valence-electron chi connectivity index (χ3n) is 3.80. The van der Waals surface area contributed by atoms with E-state index in [0.29, 0.717) is 4.90 Å².